The van der Waals surface area contributed by atoms with E-state index in [1.165, 1.54) is 0 Å². The monoisotopic (exact) mass is 570 g/mol. The Balaban J connectivity index is 0.000000168. The predicted octanol–water partition coefficient (Wildman–Crippen LogP) is 8.12. The summed E-state index contributed by atoms with van der Waals surface area (Å²) in [6.45, 7) is 8.14. The molecule has 6 aromatic rings. The van der Waals surface area contributed by atoms with E-state index in [0.717, 1.165) is 43.1 Å². The van der Waals surface area contributed by atoms with E-state index in [1.807, 2.05) is 83.6 Å². The first-order valence-electron chi connectivity index (χ1n) is 11.1. The van der Waals surface area contributed by atoms with Gasteiger partial charge in [-0.25, -0.2) is 9.97 Å². The molecule has 4 heterocycles. The van der Waals surface area contributed by atoms with Crippen molar-refractivity contribution >= 4 is 55.6 Å². The summed E-state index contributed by atoms with van der Waals surface area (Å²) in [6.07, 6.45) is 0. The molecule has 0 amide bonds. The molecule has 0 radical (unpaired) electrons. The summed E-state index contributed by atoms with van der Waals surface area (Å²) in [5.74, 6) is 0.404. The Labute approximate surface area is 235 Å². The fourth-order valence-corrected chi connectivity index (χ4v) is 5.17. The maximum Gasteiger partial charge on any atom is 0.141 e. The van der Waals surface area contributed by atoms with Crippen LogP contribution in [0.15, 0.2) is 109 Å². The number of rotatable bonds is 4. The molecule has 7 heteroatoms. The molecule has 2 aromatic carbocycles. The first kappa shape index (κ1) is 26.4. The number of fused-ring (bicyclic) bond motifs is 2. The second-order valence-electron chi connectivity index (χ2n) is 8.00. The van der Waals surface area contributed by atoms with Crippen LogP contribution in [-0.4, -0.2) is 20.2 Å². The van der Waals surface area contributed by atoms with Gasteiger partial charge >= 0.3 is 0 Å². The standard InChI is InChI=1S/2C15H11NOS.Zn/c2*1-10(14-6-3-9-18-14)12-8-7-11-4-2-5-13(17)15(11)16-12;/h2*2-9,17H,1H2;. The van der Waals surface area contributed by atoms with Crippen LogP contribution in [0.2, 0.25) is 0 Å². The molecule has 0 saturated heterocycles. The van der Waals surface area contributed by atoms with Crippen LogP contribution in [0.1, 0.15) is 21.1 Å². The van der Waals surface area contributed by atoms with Crippen molar-refractivity contribution in [3.05, 3.63) is 130 Å². The Kier molecular flexibility index (Phi) is 8.29. The molecule has 0 fully saturated rings. The summed E-state index contributed by atoms with van der Waals surface area (Å²) in [5, 5.41) is 25.5. The van der Waals surface area contributed by atoms with E-state index in [4.69, 9.17) is 0 Å². The number of aromatic hydroxyl groups is 2. The van der Waals surface area contributed by atoms with Crippen molar-refractivity contribution in [1.82, 2.24) is 9.97 Å². The molecule has 0 saturated carbocycles. The minimum Gasteiger partial charge on any atom is -0.506 e. The first-order valence-corrected chi connectivity index (χ1v) is 12.9. The zero-order valence-electron chi connectivity index (χ0n) is 20.0. The van der Waals surface area contributed by atoms with Gasteiger partial charge in [0.15, 0.2) is 0 Å². The Morgan fingerprint density at radius 1 is 0.568 bits per heavy atom. The summed E-state index contributed by atoms with van der Waals surface area (Å²) in [7, 11) is 0. The normalized spacial score (nSPS) is 10.4. The Morgan fingerprint density at radius 3 is 1.38 bits per heavy atom. The summed E-state index contributed by atoms with van der Waals surface area (Å²) >= 11 is 3.27. The van der Waals surface area contributed by atoms with Gasteiger partial charge in [0.2, 0.25) is 0 Å². The van der Waals surface area contributed by atoms with E-state index in [2.05, 4.69) is 23.1 Å². The van der Waals surface area contributed by atoms with Gasteiger partial charge in [0.05, 0.1) is 11.4 Å². The molecule has 0 aliphatic carbocycles. The van der Waals surface area contributed by atoms with E-state index in [9.17, 15) is 10.2 Å². The third-order valence-corrected chi connectivity index (χ3v) is 7.51. The SMILES string of the molecule is C=C(c1ccc2cccc(O)c2n1)c1cccs1.C=C(c1ccc2cccc(O)c2n1)c1cccs1.[Zn]. The third kappa shape index (κ3) is 5.70. The average Bonchev–Trinajstić information content (AvgIpc) is 3.64. The molecule has 6 rings (SSSR count). The smallest absolute Gasteiger partial charge is 0.141 e. The van der Waals surface area contributed by atoms with Crippen LogP contribution in [0.4, 0.5) is 0 Å². The topological polar surface area (TPSA) is 66.2 Å². The number of benzene rings is 2. The van der Waals surface area contributed by atoms with E-state index in [1.54, 1.807) is 34.8 Å². The molecule has 0 unspecified atom stereocenters. The van der Waals surface area contributed by atoms with Gasteiger partial charge in [-0.15, -0.1) is 22.7 Å². The van der Waals surface area contributed by atoms with Crippen LogP contribution in [0, 0.1) is 0 Å². The number of hydrogen-bond acceptors (Lipinski definition) is 6. The molecular weight excluding hydrogens is 550 g/mol. The minimum absolute atomic E-state index is 0. The number of pyridine rings is 2. The third-order valence-electron chi connectivity index (χ3n) is 5.65. The van der Waals surface area contributed by atoms with Gasteiger partial charge in [-0.05, 0) is 47.2 Å². The number of phenolic OH excluding ortho intramolecular Hbond substituents is 2. The van der Waals surface area contributed by atoms with Gasteiger partial charge < -0.3 is 10.2 Å². The molecule has 4 aromatic heterocycles. The quantitative estimate of drug-likeness (QED) is 0.210. The van der Waals surface area contributed by atoms with Crippen LogP contribution in [0.5, 0.6) is 11.5 Å². The maximum atomic E-state index is 9.82. The zero-order chi connectivity index (χ0) is 25.1. The van der Waals surface area contributed by atoms with Crippen molar-refractivity contribution in [1.29, 1.82) is 0 Å². The summed E-state index contributed by atoms with van der Waals surface area (Å²) < 4.78 is 0. The summed E-state index contributed by atoms with van der Waals surface area (Å²) in [4.78, 5) is 11.2. The average molecular weight is 572 g/mol. The minimum atomic E-state index is 0. The van der Waals surface area contributed by atoms with Crippen LogP contribution in [-0.2, 0) is 19.5 Å². The van der Waals surface area contributed by atoms with Crippen molar-refractivity contribution in [3.63, 3.8) is 0 Å². The van der Waals surface area contributed by atoms with E-state index in [0.29, 0.717) is 11.0 Å². The fourth-order valence-electron chi connectivity index (χ4n) is 3.75. The number of thiophene rings is 2. The van der Waals surface area contributed by atoms with E-state index >= 15 is 0 Å². The number of aromatic nitrogens is 2. The zero-order valence-corrected chi connectivity index (χ0v) is 24.6. The van der Waals surface area contributed by atoms with E-state index in [-0.39, 0.29) is 31.0 Å². The Hall–Kier alpha value is -3.64. The predicted molar refractivity (Wildman–Crippen MR) is 152 cm³/mol. The molecular formula is C30H22N2O2S2Zn. The maximum absolute atomic E-state index is 9.82. The largest absolute Gasteiger partial charge is 0.506 e. The molecule has 0 bridgehead atoms. The van der Waals surface area contributed by atoms with Gasteiger partial charge in [0.25, 0.3) is 0 Å². The Bertz CT molecular complexity index is 1570. The van der Waals surface area contributed by atoms with Crippen LogP contribution < -0.4 is 0 Å². The Morgan fingerprint density at radius 2 is 1.00 bits per heavy atom. The molecule has 0 atom stereocenters. The number of hydrogen-bond donors (Lipinski definition) is 2. The van der Waals surface area contributed by atoms with Gasteiger partial charge in [0, 0.05) is 51.2 Å². The van der Waals surface area contributed by atoms with Crippen LogP contribution >= 0.6 is 22.7 Å². The van der Waals surface area contributed by atoms with Crippen molar-refractivity contribution in [2.75, 3.05) is 0 Å². The van der Waals surface area contributed by atoms with Gasteiger partial charge in [-0.1, -0.05) is 61.7 Å². The first-order chi connectivity index (χ1) is 17.5. The number of phenols is 2. The number of nitrogens with zero attached hydrogens (tertiary/aromatic N) is 2. The molecule has 178 valence electrons. The van der Waals surface area contributed by atoms with E-state index < -0.39 is 0 Å². The van der Waals surface area contributed by atoms with Gasteiger partial charge in [-0.2, -0.15) is 0 Å². The molecule has 4 nitrogen and oxygen atoms in total. The molecule has 2 N–H and O–H groups in total. The van der Waals surface area contributed by atoms with Crippen molar-refractivity contribution in [2.45, 2.75) is 0 Å². The van der Waals surface area contributed by atoms with Crippen molar-refractivity contribution in [2.24, 2.45) is 0 Å². The fraction of sp³-hybridized carbons (Fsp3) is 0. The molecule has 0 aliphatic rings. The van der Waals surface area contributed by atoms with Gasteiger partial charge in [-0.3, -0.25) is 0 Å². The summed E-state index contributed by atoms with van der Waals surface area (Å²) in [5.41, 5.74) is 4.60. The van der Waals surface area contributed by atoms with Crippen LogP contribution in [0.3, 0.4) is 0 Å². The second-order valence-corrected chi connectivity index (χ2v) is 9.90. The molecule has 0 spiro atoms. The van der Waals surface area contributed by atoms with Crippen LogP contribution in [0.25, 0.3) is 33.0 Å². The van der Waals surface area contributed by atoms with Crippen molar-refractivity contribution < 1.29 is 29.7 Å². The van der Waals surface area contributed by atoms with Gasteiger partial charge in [0.1, 0.15) is 22.5 Å². The second kappa shape index (κ2) is 11.6. The molecule has 37 heavy (non-hydrogen) atoms. The summed E-state index contributed by atoms with van der Waals surface area (Å²) in [6, 6.07) is 26.6. The number of para-hydroxylation sites is 2. The van der Waals surface area contributed by atoms with Crippen molar-refractivity contribution in [3.8, 4) is 11.5 Å². The molecule has 0 aliphatic heterocycles.